The van der Waals surface area contributed by atoms with Gasteiger partial charge in [0.25, 0.3) is 5.91 Å². The number of nitrogens with one attached hydrogen (secondary N) is 2. The van der Waals surface area contributed by atoms with Gasteiger partial charge in [-0.25, -0.2) is 0 Å². The molecule has 8 heteroatoms. The number of amides is 2. The highest BCUT2D eigenvalue weighted by atomic mass is 35.5. The third kappa shape index (κ3) is 8.31. The first-order valence-corrected chi connectivity index (χ1v) is 10.7. The van der Waals surface area contributed by atoms with Crippen LogP contribution in [0.1, 0.15) is 19.3 Å². The average Bonchev–Trinajstić information content (AvgIpc) is 2.81. The molecule has 0 unspecified atom stereocenters. The van der Waals surface area contributed by atoms with Crippen molar-refractivity contribution in [3.8, 4) is 11.5 Å². The van der Waals surface area contributed by atoms with Gasteiger partial charge in [-0.2, -0.15) is 0 Å². The minimum atomic E-state index is -0.553. The van der Waals surface area contributed by atoms with Crippen LogP contribution in [0, 0.1) is 0 Å². The van der Waals surface area contributed by atoms with Gasteiger partial charge in [0.2, 0.25) is 5.91 Å². The number of carbonyl (C=O) groups excluding carboxylic acids is 3. The lowest BCUT2D eigenvalue weighted by atomic mass is 10.2. The summed E-state index contributed by atoms with van der Waals surface area (Å²) in [6, 6.07) is 23.1. The number of ether oxygens (including phenoxy) is 2. The Kier molecular flexibility index (Phi) is 8.85. The Balaban J connectivity index is 1.32. The lowest BCUT2D eigenvalue weighted by Crippen LogP contribution is -2.21. The molecule has 0 fully saturated rings. The minimum absolute atomic E-state index is 0.0226. The van der Waals surface area contributed by atoms with E-state index in [2.05, 4.69) is 10.6 Å². The standard InChI is InChI=1S/C25H23ClN2O5/c26-21-9-4-5-10-22(21)28-23(29)11-6-12-25(31)32-17-24(30)27-18-13-15-20(16-14-18)33-19-7-2-1-3-8-19/h1-5,7-10,13-16H,6,11-12,17H2,(H,27,30)(H,28,29). The fourth-order valence-electron chi connectivity index (χ4n) is 2.81. The van der Waals surface area contributed by atoms with Gasteiger partial charge >= 0.3 is 5.97 Å². The van der Waals surface area contributed by atoms with Crippen LogP contribution in [0.5, 0.6) is 11.5 Å². The van der Waals surface area contributed by atoms with Crippen LogP contribution in [0.4, 0.5) is 11.4 Å². The summed E-state index contributed by atoms with van der Waals surface area (Å²) in [4.78, 5) is 35.8. The molecule has 3 aromatic carbocycles. The SMILES string of the molecule is O=C(COC(=O)CCCC(=O)Nc1ccccc1Cl)Nc1ccc(Oc2ccccc2)cc1. The molecule has 3 aromatic rings. The van der Waals surface area contributed by atoms with E-state index in [1.54, 1.807) is 48.5 Å². The Labute approximate surface area is 196 Å². The highest BCUT2D eigenvalue weighted by Crippen LogP contribution is 2.23. The predicted octanol–water partition coefficient (Wildman–Crippen LogP) is 5.42. The van der Waals surface area contributed by atoms with Crippen LogP contribution in [-0.4, -0.2) is 24.4 Å². The molecule has 7 nitrogen and oxygen atoms in total. The summed E-state index contributed by atoms with van der Waals surface area (Å²) >= 11 is 5.99. The van der Waals surface area contributed by atoms with E-state index in [1.807, 2.05) is 30.3 Å². The van der Waals surface area contributed by atoms with Crippen molar-refractivity contribution in [1.29, 1.82) is 0 Å². The summed E-state index contributed by atoms with van der Waals surface area (Å²) in [5, 5.41) is 5.77. The van der Waals surface area contributed by atoms with Crippen molar-refractivity contribution in [3.05, 3.63) is 83.9 Å². The van der Waals surface area contributed by atoms with E-state index in [1.165, 1.54) is 0 Å². The van der Waals surface area contributed by atoms with Gasteiger partial charge in [0, 0.05) is 18.5 Å². The van der Waals surface area contributed by atoms with E-state index in [0.29, 0.717) is 34.3 Å². The molecule has 0 aliphatic heterocycles. The Morgan fingerprint density at radius 3 is 2.12 bits per heavy atom. The van der Waals surface area contributed by atoms with Crippen molar-refractivity contribution >= 4 is 40.8 Å². The Morgan fingerprint density at radius 1 is 0.727 bits per heavy atom. The molecule has 3 rings (SSSR count). The van der Waals surface area contributed by atoms with Gasteiger partial charge < -0.3 is 20.1 Å². The first-order valence-electron chi connectivity index (χ1n) is 10.3. The van der Waals surface area contributed by atoms with Gasteiger partial charge in [0.15, 0.2) is 6.61 Å². The van der Waals surface area contributed by atoms with E-state index in [0.717, 1.165) is 0 Å². The van der Waals surface area contributed by atoms with Crippen LogP contribution >= 0.6 is 11.6 Å². The molecule has 33 heavy (non-hydrogen) atoms. The third-order valence-electron chi connectivity index (χ3n) is 4.41. The second-order valence-corrected chi connectivity index (χ2v) is 7.44. The van der Waals surface area contributed by atoms with Crippen LogP contribution in [0.2, 0.25) is 5.02 Å². The summed E-state index contributed by atoms with van der Waals surface area (Å²) < 4.78 is 10.7. The first-order chi connectivity index (χ1) is 16.0. The predicted molar refractivity (Wildman–Crippen MR) is 126 cm³/mol. The van der Waals surface area contributed by atoms with Crippen LogP contribution in [0.15, 0.2) is 78.9 Å². The molecule has 170 valence electrons. The van der Waals surface area contributed by atoms with E-state index in [4.69, 9.17) is 21.1 Å². The normalized spacial score (nSPS) is 10.2. The van der Waals surface area contributed by atoms with Crippen molar-refractivity contribution in [2.75, 3.05) is 17.2 Å². The summed E-state index contributed by atoms with van der Waals surface area (Å²) in [5.74, 6) is 0.0684. The van der Waals surface area contributed by atoms with Crippen LogP contribution in [-0.2, 0) is 19.1 Å². The number of rotatable bonds is 10. The fraction of sp³-hybridized carbons (Fsp3) is 0.160. The first kappa shape index (κ1) is 23.8. The molecular weight excluding hydrogens is 444 g/mol. The van der Waals surface area contributed by atoms with Crippen LogP contribution in [0.3, 0.4) is 0 Å². The highest BCUT2D eigenvalue weighted by molar-refractivity contribution is 6.33. The lowest BCUT2D eigenvalue weighted by molar-refractivity contribution is -0.147. The summed E-state index contributed by atoms with van der Waals surface area (Å²) in [6.45, 7) is -0.410. The molecule has 0 aromatic heterocycles. The number of halogens is 1. The number of hydrogen-bond donors (Lipinski definition) is 2. The molecule has 0 aliphatic carbocycles. The summed E-state index contributed by atoms with van der Waals surface area (Å²) in [6.07, 6.45) is 0.443. The minimum Gasteiger partial charge on any atom is -0.457 e. The molecule has 2 N–H and O–H groups in total. The van der Waals surface area contributed by atoms with Crippen molar-refractivity contribution in [3.63, 3.8) is 0 Å². The van der Waals surface area contributed by atoms with Gasteiger partial charge in [-0.3, -0.25) is 14.4 Å². The second-order valence-electron chi connectivity index (χ2n) is 7.03. The van der Waals surface area contributed by atoms with E-state index < -0.39 is 18.5 Å². The summed E-state index contributed by atoms with van der Waals surface area (Å²) in [7, 11) is 0. The summed E-state index contributed by atoms with van der Waals surface area (Å²) in [5.41, 5.74) is 1.07. The fourth-order valence-corrected chi connectivity index (χ4v) is 3.00. The zero-order valence-corrected chi connectivity index (χ0v) is 18.5. The maximum Gasteiger partial charge on any atom is 0.306 e. The maximum atomic E-state index is 12.0. The number of esters is 1. The smallest absolute Gasteiger partial charge is 0.306 e. The second kappa shape index (κ2) is 12.3. The van der Waals surface area contributed by atoms with Gasteiger partial charge in [0.1, 0.15) is 11.5 Å². The molecule has 0 saturated carbocycles. The number of hydrogen-bond acceptors (Lipinski definition) is 5. The lowest BCUT2D eigenvalue weighted by Gasteiger charge is -2.09. The van der Waals surface area contributed by atoms with Crippen molar-refractivity contribution in [2.45, 2.75) is 19.3 Å². The number of benzene rings is 3. The van der Waals surface area contributed by atoms with Gasteiger partial charge in [-0.15, -0.1) is 0 Å². The molecular formula is C25H23ClN2O5. The topological polar surface area (TPSA) is 93.7 Å². The van der Waals surface area contributed by atoms with Crippen LogP contribution < -0.4 is 15.4 Å². The number of anilines is 2. The van der Waals surface area contributed by atoms with Crippen molar-refractivity contribution in [2.24, 2.45) is 0 Å². The number of para-hydroxylation sites is 2. The molecule has 0 aliphatic rings. The quantitative estimate of drug-likeness (QED) is 0.389. The molecule has 0 atom stereocenters. The molecule has 0 heterocycles. The van der Waals surface area contributed by atoms with Crippen LogP contribution in [0.25, 0.3) is 0 Å². The molecule has 0 radical (unpaired) electrons. The average molecular weight is 467 g/mol. The van der Waals surface area contributed by atoms with E-state index in [9.17, 15) is 14.4 Å². The zero-order chi connectivity index (χ0) is 23.5. The van der Waals surface area contributed by atoms with E-state index >= 15 is 0 Å². The largest absolute Gasteiger partial charge is 0.457 e. The highest BCUT2D eigenvalue weighted by Gasteiger charge is 2.10. The maximum absolute atomic E-state index is 12.0. The molecule has 0 spiro atoms. The van der Waals surface area contributed by atoms with Crippen molar-refractivity contribution < 1.29 is 23.9 Å². The van der Waals surface area contributed by atoms with E-state index in [-0.39, 0.29) is 18.7 Å². The monoisotopic (exact) mass is 466 g/mol. The Hall–Kier alpha value is -3.84. The van der Waals surface area contributed by atoms with Crippen molar-refractivity contribution in [1.82, 2.24) is 0 Å². The van der Waals surface area contributed by atoms with Gasteiger partial charge in [-0.1, -0.05) is 41.9 Å². The Morgan fingerprint density at radius 2 is 1.39 bits per heavy atom. The van der Waals surface area contributed by atoms with Gasteiger partial charge in [-0.05, 0) is 55.0 Å². The molecule has 2 amide bonds. The molecule has 0 saturated heterocycles. The zero-order valence-electron chi connectivity index (χ0n) is 17.8. The number of carbonyl (C=O) groups is 3. The third-order valence-corrected chi connectivity index (χ3v) is 4.74. The van der Waals surface area contributed by atoms with Gasteiger partial charge in [0.05, 0.1) is 10.7 Å². The molecule has 0 bridgehead atoms. The Bertz CT molecular complexity index is 1090.